The van der Waals surface area contributed by atoms with Crippen LogP contribution in [0.1, 0.15) is 16.7 Å². The van der Waals surface area contributed by atoms with E-state index >= 15 is 0 Å². The lowest BCUT2D eigenvalue weighted by Crippen LogP contribution is -2.46. The second-order valence-electron chi connectivity index (χ2n) is 5.48. The van der Waals surface area contributed by atoms with E-state index in [0.717, 1.165) is 11.1 Å². The summed E-state index contributed by atoms with van der Waals surface area (Å²) >= 11 is 0. The number of benzene rings is 2. The van der Waals surface area contributed by atoms with Crippen molar-refractivity contribution in [3.63, 3.8) is 0 Å². The summed E-state index contributed by atoms with van der Waals surface area (Å²) in [5.74, 6) is 0. The third kappa shape index (κ3) is 3.12. The zero-order valence-electron chi connectivity index (χ0n) is 12.3. The lowest BCUT2D eigenvalue weighted by molar-refractivity contribution is 0.0563. The fourth-order valence-electron chi connectivity index (χ4n) is 2.77. The van der Waals surface area contributed by atoms with Gasteiger partial charge in [0, 0.05) is 6.54 Å². The van der Waals surface area contributed by atoms with Gasteiger partial charge in [-0.1, -0.05) is 54.6 Å². The Morgan fingerprint density at radius 3 is 2.50 bits per heavy atom. The van der Waals surface area contributed by atoms with Crippen LogP contribution in [0.5, 0.6) is 0 Å². The number of hydrogen-bond donors (Lipinski definition) is 1. The summed E-state index contributed by atoms with van der Waals surface area (Å²) in [6.45, 7) is 0.666. The van der Waals surface area contributed by atoms with Crippen LogP contribution in [0.25, 0.3) is 0 Å². The van der Waals surface area contributed by atoms with Gasteiger partial charge in [0.05, 0.1) is 12.6 Å². The molecule has 3 rings (SSSR count). The van der Waals surface area contributed by atoms with E-state index in [-0.39, 0.29) is 25.3 Å². The van der Waals surface area contributed by atoms with E-state index in [2.05, 4.69) is 0 Å². The third-order valence-corrected chi connectivity index (χ3v) is 4.01. The molecule has 2 aromatic carbocycles. The smallest absolute Gasteiger partial charge is 0.410 e. The summed E-state index contributed by atoms with van der Waals surface area (Å²) in [5, 5.41) is 9.57. The molecule has 0 fully saturated rings. The minimum Gasteiger partial charge on any atom is -0.445 e. The van der Waals surface area contributed by atoms with Crippen LogP contribution in [0.15, 0.2) is 54.6 Å². The molecule has 0 bridgehead atoms. The number of amides is 1. The first-order chi connectivity index (χ1) is 10.8. The lowest BCUT2D eigenvalue weighted by Gasteiger charge is -2.35. The second kappa shape index (κ2) is 6.62. The van der Waals surface area contributed by atoms with Gasteiger partial charge in [-0.25, -0.2) is 4.79 Å². The monoisotopic (exact) mass is 297 g/mol. The van der Waals surface area contributed by atoms with Crippen LogP contribution in [0, 0.1) is 0 Å². The van der Waals surface area contributed by atoms with E-state index in [1.807, 2.05) is 54.6 Å². The van der Waals surface area contributed by atoms with Gasteiger partial charge in [0.2, 0.25) is 0 Å². The number of carbonyl (C=O) groups excluding carboxylic acids is 1. The van der Waals surface area contributed by atoms with Crippen molar-refractivity contribution in [3.05, 3.63) is 71.3 Å². The van der Waals surface area contributed by atoms with E-state index in [0.29, 0.717) is 13.0 Å². The van der Waals surface area contributed by atoms with Crippen LogP contribution >= 0.6 is 0 Å². The van der Waals surface area contributed by atoms with Gasteiger partial charge < -0.3 is 9.84 Å². The molecule has 1 heterocycles. The van der Waals surface area contributed by atoms with Crippen LogP contribution in [0.4, 0.5) is 4.79 Å². The summed E-state index contributed by atoms with van der Waals surface area (Å²) in [6, 6.07) is 17.4. The highest BCUT2D eigenvalue weighted by molar-refractivity contribution is 5.68. The van der Waals surface area contributed by atoms with E-state index < -0.39 is 0 Å². The lowest BCUT2D eigenvalue weighted by atomic mass is 9.95. The molecular weight excluding hydrogens is 278 g/mol. The molecule has 4 heteroatoms. The Kier molecular flexibility index (Phi) is 4.39. The molecule has 2 aromatic rings. The molecule has 0 radical (unpaired) electrons. The Labute approximate surface area is 130 Å². The Morgan fingerprint density at radius 1 is 1.09 bits per heavy atom. The second-order valence-corrected chi connectivity index (χ2v) is 5.48. The highest BCUT2D eigenvalue weighted by Crippen LogP contribution is 2.24. The first-order valence-corrected chi connectivity index (χ1v) is 7.43. The minimum atomic E-state index is -0.377. The highest BCUT2D eigenvalue weighted by Gasteiger charge is 2.30. The SMILES string of the molecule is O=C(OCc1ccccc1)N1Cc2ccccc2CC1CO. The number of carbonyl (C=O) groups is 1. The quantitative estimate of drug-likeness (QED) is 0.947. The summed E-state index contributed by atoms with van der Waals surface area (Å²) in [5.41, 5.74) is 3.26. The Bertz CT molecular complexity index is 642. The summed E-state index contributed by atoms with van der Waals surface area (Å²) < 4.78 is 5.39. The largest absolute Gasteiger partial charge is 0.445 e. The molecule has 0 saturated heterocycles. The number of rotatable bonds is 3. The van der Waals surface area contributed by atoms with Crippen molar-refractivity contribution in [2.24, 2.45) is 0 Å². The van der Waals surface area contributed by atoms with Gasteiger partial charge in [-0.3, -0.25) is 4.90 Å². The Hall–Kier alpha value is -2.33. The molecule has 1 aliphatic heterocycles. The van der Waals surface area contributed by atoms with Gasteiger partial charge in [0.1, 0.15) is 6.61 Å². The van der Waals surface area contributed by atoms with Gasteiger partial charge in [-0.15, -0.1) is 0 Å². The summed E-state index contributed by atoms with van der Waals surface area (Å²) in [6.07, 6.45) is 0.282. The van der Waals surface area contributed by atoms with Crippen molar-refractivity contribution in [3.8, 4) is 0 Å². The predicted molar refractivity (Wildman–Crippen MR) is 83.2 cm³/mol. The Balaban J connectivity index is 1.68. The number of ether oxygens (including phenoxy) is 1. The topological polar surface area (TPSA) is 49.8 Å². The van der Waals surface area contributed by atoms with Gasteiger partial charge >= 0.3 is 6.09 Å². The molecule has 4 nitrogen and oxygen atoms in total. The first-order valence-electron chi connectivity index (χ1n) is 7.43. The summed E-state index contributed by atoms with van der Waals surface area (Å²) in [7, 11) is 0. The van der Waals surface area contributed by atoms with Crippen molar-refractivity contribution in [2.45, 2.75) is 25.6 Å². The van der Waals surface area contributed by atoms with E-state index in [4.69, 9.17) is 4.74 Å². The molecule has 1 atom stereocenters. The maximum atomic E-state index is 12.3. The van der Waals surface area contributed by atoms with Crippen molar-refractivity contribution < 1.29 is 14.6 Å². The van der Waals surface area contributed by atoms with Gasteiger partial charge in [0.15, 0.2) is 0 Å². The van der Waals surface area contributed by atoms with Crippen LogP contribution in [-0.2, 0) is 24.3 Å². The van der Waals surface area contributed by atoms with Crippen LogP contribution in [-0.4, -0.2) is 28.7 Å². The Morgan fingerprint density at radius 2 is 1.77 bits per heavy atom. The molecule has 1 amide bonds. The average Bonchev–Trinajstić information content (AvgIpc) is 2.59. The zero-order valence-corrected chi connectivity index (χ0v) is 12.3. The van der Waals surface area contributed by atoms with Gasteiger partial charge in [-0.05, 0) is 23.1 Å². The average molecular weight is 297 g/mol. The molecule has 0 saturated carbocycles. The fraction of sp³-hybridized carbons (Fsp3) is 0.278. The molecule has 1 unspecified atom stereocenters. The van der Waals surface area contributed by atoms with E-state index in [1.54, 1.807) is 4.90 Å². The number of nitrogens with zero attached hydrogens (tertiary/aromatic N) is 1. The normalized spacial score (nSPS) is 17.0. The molecule has 114 valence electrons. The maximum Gasteiger partial charge on any atom is 0.410 e. The molecule has 0 aliphatic carbocycles. The van der Waals surface area contributed by atoms with Crippen LogP contribution in [0.2, 0.25) is 0 Å². The number of fused-ring (bicyclic) bond motifs is 1. The van der Waals surface area contributed by atoms with E-state index in [9.17, 15) is 9.90 Å². The van der Waals surface area contributed by atoms with Crippen molar-refractivity contribution in [1.82, 2.24) is 4.90 Å². The van der Waals surface area contributed by atoms with Crippen LogP contribution < -0.4 is 0 Å². The first kappa shape index (κ1) is 14.6. The summed E-state index contributed by atoms with van der Waals surface area (Å²) in [4.78, 5) is 14.0. The molecule has 22 heavy (non-hydrogen) atoms. The molecule has 1 N–H and O–H groups in total. The van der Waals surface area contributed by atoms with Gasteiger partial charge in [-0.2, -0.15) is 0 Å². The predicted octanol–water partition coefficient (Wildman–Crippen LogP) is 2.74. The molecular formula is C18H19NO3. The van der Waals surface area contributed by atoms with Gasteiger partial charge in [0.25, 0.3) is 0 Å². The molecule has 0 spiro atoms. The fourth-order valence-corrected chi connectivity index (χ4v) is 2.77. The molecule has 1 aliphatic rings. The van der Waals surface area contributed by atoms with E-state index in [1.165, 1.54) is 5.56 Å². The minimum absolute atomic E-state index is 0.0607. The van der Waals surface area contributed by atoms with Crippen molar-refractivity contribution in [2.75, 3.05) is 6.61 Å². The maximum absolute atomic E-state index is 12.3. The zero-order chi connectivity index (χ0) is 15.4. The standard InChI is InChI=1S/C18H19NO3/c20-12-17-10-15-8-4-5-9-16(15)11-19(17)18(21)22-13-14-6-2-1-3-7-14/h1-9,17,20H,10-13H2. The highest BCUT2D eigenvalue weighted by atomic mass is 16.6. The third-order valence-electron chi connectivity index (χ3n) is 4.01. The number of aliphatic hydroxyl groups is 1. The number of hydrogen-bond acceptors (Lipinski definition) is 3. The van der Waals surface area contributed by atoms with Crippen molar-refractivity contribution >= 4 is 6.09 Å². The van der Waals surface area contributed by atoms with Crippen LogP contribution in [0.3, 0.4) is 0 Å². The number of aliphatic hydroxyl groups excluding tert-OH is 1. The van der Waals surface area contributed by atoms with Crippen molar-refractivity contribution in [1.29, 1.82) is 0 Å². The molecule has 0 aromatic heterocycles.